The minimum Gasteiger partial charge on any atom is -0.394 e. The number of hydrogen-bond donors (Lipinski definition) is 1. The maximum Gasteiger partial charge on any atom is 0.177 e. The molecular weight excluding hydrogens is 156 g/mol. The molecule has 0 radical (unpaired) electrons. The molecule has 1 N–H and O–H groups in total. The lowest BCUT2D eigenvalue weighted by Gasteiger charge is -2.25. The summed E-state index contributed by atoms with van der Waals surface area (Å²) >= 11 is 0. The van der Waals surface area contributed by atoms with E-state index in [0.717, 1.165) is 6.42 Å². The van der Waals surface area contributed by atoms with E-state index in [9.17, 15) is 0 Å². The molecule has 0 amide bonds. The molecule has 1 aliphatic rings. The van der Waals surface area contributed by atoms with Crippen LogP contribution in [0.25, 0.3) is 0 Å². The van der Waals surface area contributed by atoms with Gasteiger partial charge in [-0.25, -0.2) is 0 Å². The maximum absolute atomic E-state index is 8.83. The van der Waals surface area contributed by atoms with Crippen LogP contribution in [0, 0.1) is 0 Å². The first-order chi connectivity index (χ1) is 5.72. The molecule has 2 atom stereocenters. The smallest absolute Gasteiger partial charge is 0.177 e. The average Bonchev–Trinajstić information content (AvgIpc) is 2.03. The van der Waals surface area contributed by atoms with Crippen LogP contribution in [-0.2, 0) is 9.47 Å². The Labute approximate surface area is 73.0 Å². The Morgan fingerprint density at radius 2 is 2.42 bits per heavy atom. The van der Waals surface area contributed by atoms with Crippen molar-refractivity contribution in [2.45, 2.75) is 38.8 Å². The molecule has 0 fully saturated rings. The van der Waals surface area contributed by atoms with Crippen molar-refractivity contribution in [3.8, 4) is 0 Å². The van der Waals surface area contributed by atoms with Crippen LogP contribution < -0.4 is 0 Å². The number of rotatable bonds is 3. The van der Waals surface area contributed by atoms with Crippen LogP contribution in [0.2, 0.25) is 0 Å². The fourth-order valence-electron chi connectivity index (χ4n) is 1.10. The standard InChI is InChI=1S/C9H16O3/c1-7(2)11-9-5-3-4-8(6-10)12-9/h3,5,7-10H,4,6H2,1-2H3/t8-,9?/m0/s1. The zero-order valence-corrected chi connectivity index (χ0v) is 7.56. The molecule has 3 nitrogen and oxygen atoms in total. The van der Waals surface area contributed by atoms with Gasteiger partial charge < -0.3 is 14.6 Å². The van der Waals surface area contributed by atoms with Crippen LogP contribution in [0.4, 0.5) is 0 Å². The van der Waals surface area contributed by atoms with Crippen molar-refractivity contribution in [1.82, 2.24) is 0 Å². The van der Waals surface area contributed by atoms with Gasteiger partial charge in [0.05, 0.1) is 18.8 Å². The number of ether oxygens (including phenoxy) is 2. The monoisotopic (exact) mass is 172 g/mol. The lowest BCUT2D eigenvalue weighted by Crippen LogP contribution is -2.30. The first-order valence-electron chi connectivity index (χ1n) is 4.31. The normalized spacial score (nSPS) is 29.7. The summed E-state index contributed by atoms with van der Waals surface area (Å²) in [5, 5.41) is 8.83. The third-order valence-electron chi connectivity index (χ3n) is 1.63. The molecule has 0 aliphatic carbocycles. The van der Waals surface area contributed by atoms with Gasteiger partial charge in [0.1, 0.15) is 0 Å². The third-order valence-corrected chi connectivity index (χ3v) is 1.63. The molecule has 0 spiro atoms. The molecule has 0 aromatic carbocycles. The van der Waals surface area contributed by atoms with Crippen LogP contribution in [0.3, 0.4) is 0 Å². The Kier molecular flexibility index (Phi) is 3.72. The zero-order valence-electron chi connectivity index (χ0n) is 7.56. The molecule has 0 bridgehead atoms. The van der Waals surface area contributed by atoms with Gasteiger partial charge in [-0.2, -0.15) is 0 Å². The highest BCUT2D eigenvalue weighted by Gasteiger charge is 2.18. The van der Waals surface area contributed by atoms with Crippen molar-refractivity contribution >= 4 is 0 Å². The number of aliphatic hydroxyl groups is 1. The minimum atomic E-state index is -0.282. The van der Waals surface area contributed by atoms with E-state index in [-0.39, 0.29) is 25.1 Å². The quantitative estimate of drug-likeness (QED) is 0.647. The van der Waals surface area contributed by atoms with E-state index in [0.29, 0.717) is 0 Å². The molecule has 1 aliphatic heterocycles. The van der Waals surface area contributed by atoms with Crippen molar-refractivity contribution in [3.05, 3.63) is 12.2 Å². The molecule has 3 heteroatoms. The SMILES string of the molecule is CC(C)OC1C=CC[C@@H](CO)O1. The molecule has 1 heterocycles. The Bertz CT molecular complexity index is 154. The van der Waals surface area contributed by atoms with Crippen molar-refractivity contribution < 1.29 is 14.6 Å². The summed E-state index contributed by atoms with van der Waals surface area (Å²) in [6.45, 7) is 3.97. The molecule has 0 aromatic heterocycles. The van der Waals surface area contributed by atoms with Crippen LogP contribution >= 0.6 is 0 Å². The van der Waals surface area contributed by atoms with E-state index < -0.39 is 0 Å². The minimum absolute atomic E-state index is 0.0578. The maximum atomic E-state index is 8.83. The van der Waals surface area contributed by atoms with Gasteiger partial charge in [-0.3, -0.25) is 0 Å². The van der Waals surface area contributed by atoms with Crippen molar-refractivity contribution in [1.29, 1.82) is 0 Å². The molecule has 1 rings (SSSR count). The summed E-state index contributed by atoms with van der Waals surface area (Å²) in [5.74, 6) is 0. The van der Waals surface area contributed by atoms with Gasteiger partial charge in [0.25, 0.3) is 0 Å². The van der Waals surface area contributed by atoms with Gasteiger partial charge in [-0.1, -0.05) is 6.08 Å². The second-order valence-corrected chi connectivity index (χ2v) is 3.16. The second kappa shape index (κ2) is 4.60. The summed E-state index contributed by atoms with van der Waals surface area (Å²) < 4.78 is 10.8. The Morgan fingerprint density at radius 3 is 3.00 bits per heavy atom. The fraction of sp³-hybridized carbons (Fsp3) is 0.778. The van der Waals surface area contributed by atoms with Gasteiger partial charge in [-0.15, -0.1) is 0 Å². The van der Waals surface area contributed by atoms with E-state index in [1.54, 1.807) is 0 Å². The van der Waals surface area contributed by atoms with E-state index in [2.05, 4.69) is 0 Å². The summed E-state index contributed by atoms with van der Waals surface area (Å²) in [6, 6.07) is 0. The predicted octanol–water partition coefficient (Wildman–Crippen LogP) is 1.07. The van der Waals surface area contributed by atoms with Crippen molar-refractivity contribution in [3.63, 3.8) is 0 Å². The highest BCUT2D eigenvalue weighted by molar-refractivity contribution is 4.92. The van der Waals surface area contributed by atoms with Crippen LogP contribution in [0.5, 0.6) is 0 Å². The Hall–Kier alpha value is -0.380. The Morgan fingerprint density at radius 1 is 1.67 bits per heavy atom. The highest BCUT2D eigenvalue weighted by Crippen LogP contribution is 2.13. The predicted molar refractivity (Wildman–Crippen MR) is 45.7 cm³/mol. The summed E-state index contributed by atoms with van der Waals surface area (Å²) in [4.78, 5) is 0. The van der Waals surface area contributed by atoms with E-state index in [4.69, 9.17) is 14.6 Å². The fourth-order valence-corrected chi connectivity index (χ4v) is 1.10. The van der Waals surface area contributed by atoms with Crippen molar-refractivity contribution in [2.24, 2.45) is 0 Å². The molecular formula is C9H16O3. The first kappa shape index (κ1) is 9.71. The van der Waals surface area contributed by atoms with E-state index in [1.807, 2.05) is 26.0 Å². The molecule has 0 saturated carbocycles. The molecule has 0 aromatic rings. The molecule has 0 saturated heterocycles. The molecule has 1 unspecified atom stereocenters. The largest absolute Gasteiger partial charge is 0.394 e. The van der Waals surface area contributed by atoms with Gasteiger partial charge in [-0.05, 0) is 26.3 Å². The highest BCUT2D eigenvalue weighted by atomic mass is 16.7. The van der Waals surface area contributed by atoms with Gasteiger partial charge in [0, 0.05) is 0 Å². The van der Waals surface area contributed by atoms with Crippen LogP contribution in [-0.4, -0.2) is 30.2 Å². The lowest BCUT2D eigenvalue weighted by atomic mass is 10.2. The topological polar surface area (TPSA) is 38.7 Å². The Balaban J connectivity index is 2.35. The summed E-state index contributed by atoms with van der Waals surface area (Å²) in [5.41, 5.74) is 0. The molecule has 70 valence electrons. The lowest BCUT2D eigenvalue weighted by molar-refractivity contribution is -0.172. The van der Waals surface area contributed by atoms with Gasteiger partial charge in [0.2, 0.25) is 0 Å². The zero-order chi connectivity index (χ0) is 8.97. The first-order valence-corrected chi connectivity index (χ1v) is 4.31. The average molecular weight is 172 g/mol. The summed E-state index contributed by atoms with van der Waals surface area (Å²) in [7, 11) is 0. The van der Waals surface area contributed by atoms with Crippen LogP contribution in [0.1, 0.15) is 20.3 Å². The summed E-state index contributed by atoms with van der Waals surface area (Å²) in [6.07, 6.45) is 4.41. The third kappa shape index (κ3) is 2.93. The van der Waals surface area contributed by atoms with E-state index >= 15 is 0 Å². The number of hydrogen-bond acceptors (Lipinski definition) is 3. The van der Waals surface area contributed by atoms with Gasteiger partial charge in [0.15, 0.2) is 6.29 Å². The van der Waals surface area contributed by atoms with E-state index in [1.165, 1.54) is 0 Å². The number of aliphatic hydroxyl groups excluding tert-OH is 1. The van der Waals surface area contributed by atoms with Crippen molar-refractivity contribution in [2.75, 3.05) is 6.61 Å². The van der Waals surface area contributed by atoms with Crippen LogP contribution in [0.15, 0.2) is 12.2 Å². The van der Waals surface area contributed by atoms with Gasteiger partial charge >= 0.3 is 0 Å². The molecule has 12 heavy (non-hydrogen) atoms. The second-order valence-electron chi connectivity index (χ2n) is 3.16.